The lowest BCUT2D eigenvalue weighted by Gasteiger charge is -2.60. The van der Waals surface area contributed by atoms with Gasteiger partial charge in [0.25, 0.3) is 0 Å². The molecular formula is C28H48O3. The maximum absolute atomic E-state index is 10.8. The Balaban J connectivity index is 1.57. The summed E-state index contributed by atoms with van der Waals surface area (Å²) in [5.74, 6) is 3.77. The van der Waals surface area contributed by atoms with Gasteiger partial charge in [-0.1, -0.05) is 25.5 Å². The summed E-state index contributed by atoms with van der Waals surface area (Å²) in [4.78, 5) is 0. The molecule has 1 unspecified atom stereocenters. The van der Waals surface area contributed by atoms with Crippen LogP contribution in [0.1, 0.15) is 98.8 Å². The van der Waals surface area contributed by atoms with Crippen LogP contribution in [-0.2, 0) is 4.74 Å². The molecule has 0 radical (unpaired) electrons. The molecule has 31 heavy (non-hydrogen) atoms. The average Bonchev–Trinajstić information content (AvgIpc) is 3.03. The van der Waals surface area contributed by atoms with Gasteiger partial charge in [-0.3, -0.25) is 0 Å². The standard InChI is InChI=1S/C28H48O3/c1-19(11-13-25(2,3)29)22-9-10-23-21-8-7-20-17-26(4,30)15-16-28(20,18-31-6)24(21)12-14-27(22,23)5/h7,19,21-24,29-30H,8-18H2,1-6H3/t19-,21+,22?,23+,24+,26+,27-,28-/m1/s1. The van der Waals surface area contributed by atoms with Gasteiger partial charge in [0.15, 0.2) is 0 Å². The van der Waals surface area contributed by atoms with Crippen LogP contribution in [0.15, 0.2) is 11.6 Å². The Hall–Kier alpha value is -0.380. The first-order valence-electron chi connectivity index (χ1n) is 13.1. The summed E-state index contributed by atoms with van der Waals surface area (Å²) in [6.45, 7) is 11.8. The van der Waals surface area contributed by atoms with Gasteiger partial charge in [0.1, 0.15) is 0 Å². The molecule has 3 fully saturated rings. The summed E-state index contributed by atoms with van der Waals surface area (Å²) in [6, 6.07) is 0. The summed E-state index contributed by atoms with van der Waals surface area (Å²) in [6.07, 6.45) is 14.0. The number of fused-ring (bicyclic) bond motifs is 5. The maximum atomic E-state index is 10.8. The fraction of sp³-hybridized carbons (Fsp3) is 0.929. The quantitative estimate of drug-likeness (QED) is 0.496. The van der Waals surface area contributed by atoms with Gasteiger partial charge in [0, 0.05) is 12.5 Å². The monoisotopic (exact) mass is 432 g/mol. The van der Waals surface area contributed by atoms with Gasteiger partial charge < -0.3 is 14.9 Å². The van der Waals surface area contributed by atoms with Crippen molar-refractivity contribution in [3.05, 3.63) is 11.6 Å². The first-order valence-corrected chi connectivity index (χ1v) is 13.1. The molecule has 2 N–H and O–H groups in total. The minimum Gasteiger partial charge on any atom is -0.390 e. The summed E-state index contributed by atoms with van der Waals surface area (Å²) in [5.41, 5.74) is 1.01. The highest BCUT2D eigenvalue weighted by Gasteiger charge is 2.60. The summed E-state index contributed by atoms with van der Waals surface area (Å²) >= 11 is 0. The lowest BCUT2D eigenvalue weighted by Crippen LogP contribution is -2.54. The molecule has 3 saturated carbocycles. The molecule has 0 aromatic carbocycles. The Morgan fingerprint density at radius 3 is 2.55 bits per heavy atom. The zero-order valence-corrected chi connectivity index (χ0v) is 21.0. The van der Waals surface area contributed by atoms with Crippen molar-refractivity contribution < 1.29 is 14.9 Å². The molecule has 3 heteroatoms. The molecule has 0 amide bonds. The average molecular weight is 433 g/mol. The second-order valence-corrected chi connectivity index (χ2v) is 13.2. The van der Waals surface area contributed by atoms with E-state index < -0.39 is 11.2 Å². The number of allylic oxidation sites excluding steroid dienone is 1. The van der Waals surface area contributed by atoms with E-state index in [0.29, 0.717) is 17.3 Å². The number of hydrogen-bond donors (Lipinski definition) is 2. The number of aliphatic hydroxyl groups is 2. The normalized spacial score (nSPS) is 46.0. The topological polar surface area (TPSA) is 49.7 Å². The van der Waals surface area contributed by atoms with Crippen LogP contribution in [-0.4, -0.2) is 35.1 Å². The molecule has 4 aliphatic rings. The van der Waals surface area contributed by atoms with Crippen LogP contribution in [0.3, 0.4) is 0 Å². The lowest BCUT2D eigenvalue weighted by molar-refractivity contribution is -0.0978. The zero-order chi connectivity index (χ0) is 22.7. The van der Waals surface area contributed by atoms with Crippen LogP contribution in [0.4, 0.5) is 0 Å². The molecule has 3 nitrogen and oxygen atoms in total. The van der Waals surface area contributed by atoms with E-state index >= 15 is 0 Å². The highest BCUT2D eigenvalue weighted by molar-refractivity contribution is 5.28. The molecule has 4 rings (SSSR count). The van der Waals surface area contributed by atoms with Gasteiger partial charge in [-0.15, -0.1) is 0 Å². The highest BCUT2D eigenvalue weighted by atomic mass is 16.5. The fourth-order valence-electron chi connectivity index (χ4n) is 8.89. The van der Waals surface area contributed by atoms with Crippen LogP contribution in [0.25, 0.3) is 0 Å². The van der Waals surface area contributed by atoms with Crippen molar-refractivity contribution >= 4 is 0 Å². The van der Waals surface area contributed by atoms with Crippen molar-refractivity contribution in [2.24, 2.45) is 40.4 Å². The van der Waals surface area contributed by atoms with E-state index in [1.807, 2.05) is 27.9 Å². The van der Waals surface area contributed by atoms with Crippen molar-refractivity contribution in [1.29, 1.82) is 0 Å². The minimum atomic E-state index is -0.551. The van der Waals surface area contributed by atoms with Crippen LogP contribution < -0.4 is 0 Å². The van der Waals surface area contributed by atoms with Crippen molar-refractivity contribution in [3.8, 4) is 0 Å². The van der Waals surface area contributed by atoms with E-state index in [1.165, 1.54) is 37.7 Å². The van der Waals surface area contributed by atoms with Crippen molar-refractivity contribution in [2.75, 3.05) is 13.7 Å². The van der Waals surface area contributed by atoms with Gasteiger partial charge in [0.2, 0.25) is 0 Å². The maximum Gasteiger partial charge on any atom is 0.0657 e. The molecule has 0 saturated heterocycles. The summed E-state index contributed by atoms with van der Waals surface area (Å²) in [5, 5.41) is 21.0. The molecule has 0 heterocycles. The molecule has 0 bridgehead atoms. The second kappa shape index (κ2) is 8.13. The van der Waals surface area contributed by atoms with Gasteiger partial charge in [-0.05, 0) is 120 Å². The molecular weight excluding hydrogens is 384 g/mol. The number of hydrogen-bond acceptors (Lipinski definition) is 3. The molecule has 8 atom stereocenters. The van der Waals surface area contributed by atoms with Gasteiger partial charge in [-0.2, -0.15) is 0 Å². The van der Waals surface area contributed by atoms with Crippen molar-refractivity contribution in [1.82, 2.24) is 0 Å². The first-order chi connectivity index (χ1) is 14.4. The van der Waals surface area contributed by atoms with Crippen LogP contribution in [0.5, 0.6) is 0 Å². The smallest absolute Gasteiger partial charge is 0.0657 e. The summed E-state index contributed by atoms with van der Waals surface area (Å²) < 4.78 is 5.87. The largest absolute Gasteiger partial charge is 0.390 e. The van der Waals surface area contributed by atoms with E-state index in [2.05, 4.69) is 19.9 Å². The van der Waals surface area contributed by atoms with E-state index in [4.69, 9.17) is 4.74 Å². The summed E-state index contributed by atoms with van der Waals surface area (Å²) in [7, 11) is 1.87. The van der Waals surface area contributed by atoms with E-state index in [-0.39, 0.29) is 5.41 Å². The molecule has 0 aliphatic heterocycles. The van der Waals surface area contributed by atoms with Crippen LogP contribution >= 0.6 is 0 Å². The number of methoxy groups -OCH3 is 1. The molecule has 4 aliphatic carbocycles. The first kappa shape index (κ1) is 23.8. The van der Waals surface area contributed by atoms with Gasteiger partial charge >= 0.3 is 0 Å². The van der Waals surface area contributed by atoms with Crippen LogP contribution in [0, 0.1) is 40.4 Å². The zero-order valence-electron chi connectivity index (χ0n) is 21.0. The van der Waals surface area contributed by atoms with Gasteiger partial charge in [-0.25, -0.2) is 0 Å². The molecule has 0 aromatic heterocycles. The minimum absolute atomic E-state index is 0.159. The van der Waals surface area contributed by atoms with Gasteiger partial charge in [0.05, 0.1) is 17.8 Å². The number of ether oxygens (including phenoxy) is 1. The third-order valence-corrected chi connectivity index (χ3v) is 10.5. The highest BCUT2D eigenvalue weighted by Crippen LogP contribution is 2.67. The third-order valence-electron chi connectivity index (χ3n) is 10.5. The Morgan fingerprint density at radius 2 is 1.87 bits per heavy atom. The van der Waals surface area contributed by atoms with Crippen LogP contribution in [0.2, 0.25) is 0 Å². The van der Waals surface area contributed by atoms with Crippen molar-refractivity contribution in [3.63, 3.8) is 0 Å². The number of rotatable bonds is 6. The Bertz CT molecular complexity index is 689. The predicted molar refractivity (Wildman–Crippen MR) is 127 cm³/mol. The molecule has 178 valence electrons. The second-order valence-electron chi connectivity index (χ2n) is 13.2. The van der Waals surface area contributed by atoms with E-state index in [9.17, 15) is 10.2 Å². The SMILES string of the molecule is COC[C@]12CC[C@](C)(O)CC1=CC[C@@H]1[C@@H]2CC[C@]2(C)C([C@H](C)CCC(C)(C)O)CC[C@@H]12. The third kappa shape index (κ3) is 4.17. The van der Waals surface area contributed by atoms with E-state index in [0.717, 1.165) is 56.5 Å². The Morgan fingerprint density at radius 1 is 1.13 bits per heavy atom. The molecule has 0 aromatic rings. The fourth-order valence-corrected chi connectivity index (χ4v) is 8.89. The molecule has 0 spiro atoms. The van der Waals surface area contributed by atoms with Crippen molar-refractivity contribution in [2.45, 2.75) is 110 Å². The predicted octanol–water partition coefficient (Wildman–Crippen LogP) is 6.13. The van der Waals surface area contributed by atoms with E-state index in [1.54, 1.807) is 0 Å². The Labute approximate surface area is 191 Å². The lowest BCUT2D eigenvalue weighted by atomic mass is 9.46. The Kier molecular flexibility index (Phi) is 6.24.